The fraction of sp³-hybridized carbons (Fsp3) is 0.345. The van der Waals surface area contributed by atoms with Crippen LogP contribution >= 0.6 is 11.6 Å². The van der Waals surface area contributed by atoms with Crippen LogP contribution in [0.3, 0.4) is 0 Å². The van der Waals surface area contributed by atoms with Crippen LogP contribution in [0.2, 0.25) is 10.2 Å². The largest absolute Gasteiger partial charge is 0.475 e. The monoisotopic (exact) mass is 598 g/mol. The first-order chi connectivity index (χ1) is 19.0. The van der Waals surface area contributed by atoms with Crippen molar-refractivity contribution < 1.29 is 17.8 Å². The van der Waals surface area contributed by atoms with Gasteiger partial charge >= 0.3 is 0 Å². The minimum absolute atomic E-state index is 0.0154. The Hall–Kier alpha value is -2.92. The molecule has 40 heavy (non-hydrogen) atoms. The van der Waals surface area contributed by atoms with E-state index in [-0.39, 0.29) is 39.4 Å². The summed E-state index contributed by atoms with van der Waals surface area (Å²) in [6, 6.07) is 20.7. The number of pyridine rings is 1. The van der Waals surface area contributed by atoms with Crippen LogP contribution < -0.4 is 20.0 Å². The molecule has 0 saturated carbocycles. The third-order valence-corrected chi connectivity index (χ3v) is 13.3. The van der Waals surface area contributed by atoms with E-state index in [4.69, 9.17) is 20.8 Å². The zero-order chi connectivity index (χ0) is 28.7. The van der Waals surface area contributed by atoms with E-state index in [1.807, 2.05) is 24.0 Å². The highest BCUT2D eigenvalue weighted by molar-refractivity contribution is 7.84. The average Bonchev–Trinajstić information content (AvgIpc) is 3.06. The van der Waals surface area contributed by atoms with Crippen LogP contribution in [0.15, 0.2) is 65.8 Å². The standard InChI is InChI=1S/C29H32ClFN4O3SSi/c1-19-18-37-27-22-24(23(31)25(30)33-27)32-28(39(5)36)34-26(22)35(19)16-17-38-40(29(2,3)4,20-12-8-6-9-13-20)21-14-10-7-11-15-21/h6-15,19H,16-18H2,1-5H3/t19-,39?/m1/s1. The molecule has 210 valence electrons. The van der Waals surface area contributed by atoms with Crippen molar-refractivity contribution in [1.82, 2.24) is 15.0 Å². The Labute approximate surface area is 242 Å². The molecular formula is C29H32ClFN4O3SSi. The molecule has 0 saturated heterocycles. The molecule has 0 fully saturated rings. The van der Waals surface area contributed by atoms with Crippen LogP contribution in [0.5, 0.6) is 5.88 Å². The number of ether oxygens (including phenoxy) is 1. The van der Waals surface area contributed by atoms with Gasteiger partial charge in [-0.3, -0.25) is 4.21 Å². The van der Waals surface area contributed by atoms with Crippen molar-refractivity contribution in [1.29, 1.82) is 0 Å². The maximum absolute atomic E-state index is 15.2. The molecule has 1 aliphatic rings. The van der Waals surface area contributed by atoms with Crippen LogP contribution in [0, 0.1) is 5.82 Å². The predicted molar refractivity (Wildman–Crippen MR) is 161 cm³/mol. The number of halogens is 2. The van der Waals surface area contributed by atoms with Crippen molar-refractivity contribution in [2.45, 2.75) is 43.9 Å². The molecular weight excluding hydrogens is 567 g/mol. The molecule has 3 heterocycles. The highest BCUT2D eigenvalue weighted by Crippen LogP contribution is 2.39. The summed E-state index contributed by atoms with van der Waals surface area (Å²) in [6.45, 7) is 9.74. The maximum atomic E-state index is 15.2. The van der Waals surface area contributed by atoms with Crippen LogP contribution in [0.1, 0.15) is 27.7 Å². The Bertz CT molecular complexity index is 1520. The third-order valence-electron chi connectivity index (χ3n) is 7.26. The Kier molecular flexibility index (Phi) is 7.98. The van der Waals surface area contributed by atoms with Gasteiger partial charge in [-0.05, 0) is 22.3 Å². The van der Waals surface area contributed by atoms with E-state index in [1.165, 1.54) is 16.6 Å². The van der Waals surface area contributed by atoms with Gasteiger partial charge in [0.2, 0.25) is 11.0 Å². The highest BCUT2D eigenvalue weighted by atomic mass is 35.5. The van der Waals surface area contributed by atoms with Gasteiger partial charge in [-0.25, -0.2) is 14.4 Å². The molecule has 5 rings (SSSR count). The lowest BCUT2D eigenvalue weighted by Gasteiger charge is -2.43. The van der Waals surface area contributed by atoms with Crippen molar-refractivity contribution in [3.05, 3.63) is 71.6 Å². The maximum Gasteiger partial charge on any atom is 0.261 e. The molecule has 0 radical (unpaired) electrons. The molecule has 0 spiro atoms. The molecule has 2 aromatic heterocycles. The normalized spacial score (nSPS) is 16.5. The van der Waals surface area contributed by atoms with Crippen molar-refractivity contribution in [3.63, 3.8) is 0 Å². The van der Waals surface area contributed by atoms with Crippen LogP contribution in [0.4, 0.5) is 10.2 Å². The summed E-state index contributed by atoms with van der Waals surface area (Å²) in [5.74, 6) is -0.228. The van der Waals surface area contributed by atoms with Gasteiger partial charge in [-0.2, -0.15) is 4.98 Å². The average molecular weight is 599 g/mol. The van der Waals surface area contributed by atoms with Gasteiger partial charge in [0.25, 0.3) is 8.32 Å². The molecule has 2 atom stereocenters. The molecule has 0 N–H and O–H groups in total. The van der Waals surface area contributed by atoms with E-state index in [0.717, 1.165) is 0 Å². The van der Waals surface area contributed by atoms with Gasteiger partial charge in [-0.15, -0.1) is 0 Å². The van der Waals surface area contributed by atoms with E-state index in [2.05, 4.69) is 84.3 Å². The summed E-state index contributed by atoms with van der Waals surface area (Å²) >= 11 is 6.07. The van der Waals surface area contributed by atoms with Gasteiger partial charge in [0.15, 0.2) is 11.0 Å². The molecule has 1 aliphatic heterocycles. The fourth-order valence-corrected chi connectivity index (χ4v) is 10.6. The summed E-state index contributed by atoms with van der Waals surface area (Å²) in [5.41, 5.74) is -0.0581. The van der Waals surface area contributed by atoms with E-state index in [1.54, 1.807) is 0 Å². The minimum atomic E-state index is -2.78. The van der Waals surface area contributed by atoms with E-state index in [0.29, 0.717) is 24.4 Å². The molecule has 4 aromatic rings. The van der Waals surface area contributed by atoms with Gasteiger partial charge in [0.1, 0.15) is 23.3 Å². The first kappa shape index (κ1) is 28.6. The number of anilines is 1. The van der Waals surface area contributed by atoms with Crippen molar-refractivity contribution in [3.8, 4) is 5.88 Å². The number of hydrogen-bond donors (Lipinski definition) is 0. The second-order valence-corrected chi connectivity index (χ2v) is 16.8. The van der Waals surface area contributed by atoms with Gasteiger partial charge in [0.05, 0.1) is 23.4 Å². The second-order valence-electron chi connectivity index (χ2n) is 10.9. The summed E-state index contributed by atoms with van der Waals surface area (Å²) < 4.78 is 40.7. The van der Waals surface area contributed by atoms with E-state index < -0.39 is 24.9 Å². The first-order valence-electron chi connectivity index (χ1n) is 13.1. The fourth-order valence-electron chi connectivity index (χ4n) is 5.40. The number of benzene rings is 2. The summed E-state index contributed by atoms with van der Waals surface area (Å²) in [4.78, 5) is 15.0. The number of aromatic nitrogens is 3. The second kappa shape index (κ2) is 11.2. The molecule has 0 amide bonds. The molecule has 0 aliphatic carbocycles. The molecule has 7 nitrogen and oxygen atoms in total. The minimum Gasteiger partial charge on any atom is -0.475 e. The van der Waals surface area contributed by atoms with E-state index >= 15 is 4.39 Å². The van der Waals surface area contributed by atoms with Crippen LogP contribution in [0.25, 0.3) is 10.9 Å². The Morgan fingerprint density at radius 2 is 1.68 bits per heavy atom. The predicted octanol–water partition coefficient (Wildman–Crippen LogP) is 4.72. The van der Waals surface area contributed by atoms with Crippen molar-refractivity contribution in [2.24, 2.45) is 0 Å². The zero-order valence-electron chi connectivity index (χ0n) is 23.1. The smallest absolute Gasteiger partial charge is 0.261 e. The van der Waals surface area contributed by atoms with Gasteiger partial charge < -0.3 is 14.1 Å². The summed E-state index contributed by atoms with van der Waals surface area (Å²) in [5, 5.41) is 2.15. The molecule has 0 bridgehead atoms. The lowest BCUT2D eigenvalue weighted by molar-refractivity contribution is 0.269. The summed E-state index contributed by atoms with van der Waals surface area (Å²) in [6.07, 6.45) is 1.46. The first-order valence-corrected chi connectivity index (χ1v) is 16.9. The van der Waals surface area contributed by atoms with Gasteiger partial charge in [-0.1, -0.05) is 93.0 Å². The molecule has 1 unspecified atom stereocenters. The number of rotatable bonds is 7. The SMILES string of the molecule is C[C@@H]1COc2nc(Cl)c(F)c3nc(S(C)=O)nc(c23)N1CCO[Si](c1ccccc1)(c1ccccc1)C(C)(C)C. The van der Waals surface area contributed by atoms with Crippen molar-refractivity contribution >= 4 is 57.8 Å². The van der Waals surface area contributed by atoms with Crippen LogP contribution in [-0.2, 0) is 15.2 Å². The summed E-state index contributed by atoms with van der Waals surface area (Å²) in [7, 11) is -4.33. The Morgan fingerprint density at radius 3 is 2.23 bits per heavy atom. The van der Waals surface area contributed by atoms with E-state index in [9.17, 15) is 4.21 Å². The zero-order valence-corrected chi connectivity index (χ0v) is 25.7. The molecule has 2 aromatic carbocycles. The number of nitrogens with zero attached hydrogens (tertiary/aromatic N) is 4. The Balaban J connectivity index is 1.59. The quantitative estimate of drug-likeness (QED) is 0.173. The lowest BCUT2D eigenvalue weighted by atomic mass is 10.2. The topological polar surface area (TPSA) is 77.4 Å². The van der Waals surface area contributed by atoms with Crippen LogP contribution in [-0.4, -0.2) is 59.5 Å². The number of hydrogen-bond acceptors (Lipinski definition) is 7. The molecule has 11 heteroatoms. The lowest BCUT2D eigenvalue weighted by Crippen LogP contribution is -2.67. The van der Waals surface area contributed by atoms with Gasteiger partial charge in [0, 0.05) is 12.8 Å². The third kappa shape index (κ3) is 5.02. The highest BCUT2D eigenvalue weighted by Gasteiger charge is 2.50. The Morgan fingerprint density at radius 1 is 1.07 bits per heavy atom. The van der Waals surface area contributed by atoms with Crippen molar-refractivity contribution in [2.75, 3.05) is 30.9 Å².